The number of anilines is 1. The van der Waals surface area contributed by atoms with E-state index in [4.69, 9.17) is 23.2 Å². The van der Waals surface area contributed by atoms with Crippen LogP contribution >= 0.6 is 23.2 Å². The molecule has 3 N–H and O–H groups in total. The zero-order valence-corrected chi connectivity index (χ0v) is 13.1. The van der Waals surface area contributed by atoms with Crippen LogP contribution in [0.3, 0.4) is 0 Å². The quantitative estimate of drug-likeness (QED) is 0.581. The molecule has 0 fully saturated rings. The lowest BCUT2D eigenvalue weighted by Gasteiger charge is -2.06. The molecular weight excluding hydrogens is 325 g/mol. The number of phenolic OH excluding ortho intramolecular Hbond substituents is 1. The van der Waals surface area contributed by atoms with E-state index in [1.807, 2.05) is 25.1 Å². The standard InChI is InChI=1S/C15H13Cl2N3O2/c1-9-4-2-3-5-13(9)19-15(22)20-18-8-10-6-11(16)14(21)12(17)7-10/h2-8,21H,1H3,(H2,19,20,22)/b18-8+. The summed E-state index contributed by atoms with van der Waals surface area (Å²) in [7, 11) is 0. The zero-order valence-electron chi connectivity index (χ0n) is 11.6. The summed E-state index contributed by atoms with van der Waals surface area (Å²) in [6.07, 6.45) is 1.37. The average molecular weight is 338 g/mol. The van der Waals surface area contributed by atoms with Gasteiger partial charge in [-0.05, 0) is 36.2 Å². The molecule has 0 aromatic heterocycles. The Bertz CT molecular complexity index is 709. The van der Waals surface area contributed by atoms with E-state index in [-0.39, 0.29) is 15.8 Å². The number of para-hydroxylation sites is 1. The Hall–Kier alpha value is -2.24. The molecule has 0 heterocycles. The van der Waals surface area contributed by atoms with E-state index in [1.165, 1.54) is 18.3 Å². The molecule has 0 aliphatic carbocycles. The van der Waals surface area contributed by atoms with Crippen molar-refractivity contribution in [2.45, 2.75) is 6.92 Å². The molecule has 0 bridgehead atoms. The van der Waals surface area contributed by atoms with Crippen LogP contribution in [0.2, 0.25) is 10.0 Å². The number of rotatable bonds is 3. The molecule has 7 heteroatoms. The van der Waals surface area contributed by atoms with Crippen molar-refractivity contribution >= 4 is 41.1 Å². The smallest absolute Gasteiger partial charge is 0.339 e. The van der Waals surface area contributed by atoms with Crippen LogP contribution < -0.4 is 10.7 Å². The number of aromatic hydroxyl groups is 1. The minimum atomic E-state index is -0.471. The Morgan fingerprint density at radius 3 is 2.50 bits per heavy atom. The summed E-state index contributed by atoms with van der Waals surface area (Å²) in [4.78, 5) is 11.7. The van der Waals surface area contributed by atoms with Crippen molar-refractivity contribution in [1.82, 2.24) is 5.43 Å². The van der Waals surface area contributed by atoms with Gasteiger partial charge in [-0.3, -0.25) is 0 Å². The highest BCUT2D eigenvalue weighted by Gasteiger charge is 2.06. The number of amides is 2. The van der Waals surface area contributed by atoms with Gasteiger partial charge >= 0.3 is 6.03 Å². The van der Waals surface area contributed by atoms with Crippen molar-refractivity contribution < 1.29 is 9.90 Å². The van der Waals surface area contributed by atoms with Gasteiger partial charge in [0.2, 0.25) is 0 Å². The maximum Gasteiger partial charge on any atom is 0.339 e. The third kappa shape index (κ3) is 4.13. The number of phenols is 1. The zero-order chi connectivity index (χ0) is 16.1. The van der Waals surface area contributed by atoms with Gasteiger partial charge in [-0.1, -0.05) is 41.4 Å². The molecule has 2 amide bonds. The molecule has 2 rings (SSSR count). The van der Waals surface area contributed by atoms with Gasteiger partial charge < -0.3 is 10.4 Å². The number of nitrogens with one attached hydrogen (secondary N) is 2. The second-order valence-corrected chi connectivity index (χ2v) is 5.29. The van der Waals surface area contributed by atoms with Crippen LogP contribution in [0.1, 0.15) is 11.1 Å². The third-order valence-corrected chi connectivity index (χ3v) is 3.39. The fourth-order valence-electron chi connectivity index (χ4n) is 1.69. The lowest BCUT2D eigenvalue weighted by Crippen LogP contribution is -2.24. The number of urea groups is 1. The third-order valence-electron chi connectivity index (χ3n) is 2.81. The topological polar surface area (TPSA) is 73.7 Å². The lowest BCUT2D eigenvalue weighted by molar-refractivity contribution is 0.252. The van der Waals surface area contributed by atoms with E-state index in [0.29, 0.717) is 11.3 Å². The summed E-state index contributed by atoms with van der Waals surface area (Å²) >= 11 is 11.6. The van der Waals surface area contributed by atoms with Gasteiger partial charge in [-0.25, -0.2) is 10.2 Å². The second-order valence-electron chi connectivity index (χ2n) is 4.47. The van der Waals surface area contributed by atoms with E-state index in [2.05, 4.69) is 15.8 Å². The van der Waals surface area contributed by atoms with Gasteiger partial charge in [0.25, 0.3) is 0 Å². The predicted octanol–water partition coefficient (Wildman–Crippen LogP) is 4.16. The Labute approximate surface area is 137 Å². The van der Waals surface area contributed by atoms with Crippen molar-refractivity contribution in [1.29, 1.82) is 0 Å². The SMILES string of the molecule is Cc1ccccc1NC(=O)N/N=C/c1cc(Cl)c(O)c(Cl)c1. The highest BCUT2D eigenvalue weighted by molar-refractivity contribution is 6.37. The Morgan fingerprint density at radius 1 is 1.23 bits per heavy atom. The Kier molecular flexibility index (Phi) is 5.25. The monoisotopic (exact) mass is 337 g/mol. The average Bonchev–Trinajstić information content (AvgIpc) is 2.47. The van der Waals surface area contributed by atoms with Crippen molar-refractivity contribution in [3.63, 3.8) is 0 Å². The summed E-state index contributed by atoms with van der Waals surface area (Å²) < 4.78 is 0. The molecule has 5 nitrogen and oxygen atoms in total. The number of hydrazone groups is 1. The fraction of sp³-hybridized carbons (Fsp3) is 0.0667. The number of nitrogens with zero attached hydrogens (tertiary/aromatic N) is 1. The largest absolute Gasteiger partial charge is 0.505 e. The maximum atomic E-state index is 11.7. The Morgan fingerprint density at radius 2 is 1.86 bits per heavy atom. The summed E-state index contributed by atoms with van der Waals surface area (Å²) in [6, 6.07) is 9.88. The van der Waals surface area contributed by atoms with E-state index in [1.54, 1.807) is 6.07 Å². The first-order chi connectivity index (χ1) is 10.5. The van der Waals surface area contributed by atoms with Crippen molar-refractivity contribution in [3.8, 4) is 5.75 Å². The number of carbonyl (C=O) groups excluding carboxylic acids is 1. The molecule has 0 spiro atoms. The fourth-order valence-corrected chi connectivity index (χ4v) is 2.19. The van der Waals surface area contributed by atoms with Crippen LogP contribution in [0.15, 0.2) is 41.5 Å². The van der Waals surface area contributed by atoms with Gasteiger partial charge in [0.05, 0.1) is 16.3 Å². The number of benzene rings is 2. The number of hydrogen-bond acceptors (Lipinski definition) is 3. The molecule has 114 valence electrons. The molecule has 2 aromatic carbocycles. The molecule has 0 atom stereocenters. The van der Waals surface area contributed by atoms with E-state index in [9.17, 15) is 9.90 Å². The first-order valence-electron chi connectivity index (χ1n) is 6.31. The molecule has 22 heavy (non-hydrogen) atoms. The second kappa shape index (κ2) is 7.15. The van der Waals surface area contributed by atoms with Gasteiger partial charge in [-0.2, -0.15) is 5.10 Å². The lowest BCUT2D eigenvalue weighted by atomic mass is 10.2. The molecule has 0 radical (unpaired) electrons. The molecule has 2 aromatic rings. The summed E-state index contributed by atoms with van der Waals surface area (Å²) in [6.45, 7) is 1.89. The summed E-state index contributed by atoms with van der Waals surface area (Å²) in [5.74, 6) is -0.189. The summed E-state index contributed by atoms with van der Waals surface area (Å²) in [5, 5.41) is 16.1. The normalized spacial score (nSPS) is 10.7. The van der Waals surface area contributed by atoms with Crippen LogP contribution in [0.5, 0.6) is 5.75 Å². The molecule has 0 aliphatic heterocycles. The van der Waals surface area contributed by atoms with Gasteiger partial charge in [0, 0.05) is 5.69 Å². The first kappa shape index (κ1) is 16.1. The predicted molar refractivity (Wildman–Crippen MR) is 89.1 cm³/mol. The minimum Gasteiger partial charge on any atom is -0.505 e. The number of carbonyl (C=O) groups is 1. The van der Waals surface area contributed by atoms with Crippen molar-refractivity contribution in [3.05, 3.63) is 57.6 Å². The van der Waals surface area contributed by atoms with Crippen molar-refractivity contribution in [2.75, 3.05) is 5.32 Å². The molecule has 0 aliphatic rings. The number of aryl methyl sites for hydroxylation is 1. The van der Waals surface area contributed by atoms with E-state index in [0.717, 1.165) is 5.56 Å². The minimum absolute atomic E-state index is 0.110. The highest BCUT2D eigenvalue weighted by atomic mass is 35.5. The van der Waals surface area contributed by atoms with E-state index >= 15 is 0 Å². The van der Waals surface area contributed by atoms with E-state index < -0.39 is 6.03 Å². The van der Waals surface area contributed by atoms with Crippen LogP contribution in [0.25, 0.3) is 0 Å². The number of hydrogen-bond donors (Lipinski definition) is 3. The first-order valence-corrected chi connectivity index (χ1v) is 7.06. The molecular formula is C15H13Cl2N3O2. The van der Waals surface area contributed by atoms with Crippen LogP contribution in [-0.4, -0.2) is 17.4 Å². The molecule has 0 unspecified atom stereocenters. The molecule has 0 saturated heterocycles. The van der Waals surface area contributed by atoms with Gasteiger partial charge in [0.15, 0.2) is 5.75 Å². The van der Waals surface area contributed by atoms with Crippen molar-refractivity contribution in [2.24, 2.45) is 5.10 Å². The Balaban J connectivity index is 1.98. The van der Waals surface area contributed by atoms with Crippen LogP contribution in [0.4, 0.5) is 10.5 Å². The maximum absolute atomic E-state index is 11.7. The van der Waals surface area contributed by atoms with Gasteiger partial charge in [-0.15, -0.1) is 0 Å². The summed E-state index contributed by atoms with van der Waals surface area (Å²) in [5.41, 5.74) is 4.52. The highest BCUT2D eigenvalue weighted by Crippen LogP contribution is 2.32. The molecule has 0 saturated carbocycles. The van der Waals surface area contributed by atoms with Crippen LogP contribution in [-0.2, 0) is 0 Å². The number of halogens is 2. The van der Waals surface area contributed by atoms with Crippen LogP contribution in [0, 0.1) is 6.92 Å². The van der Waals surface area contributed by atoms with Gasteiger partial charge in [0.1, 0.15) is 0 Å².